The summed E-state index contributed by atoms with van der Waals surface area (Å²) in [6, 6.07) is 7.51. The number of hydrogen-bond acceptors (Lipinski definition) is 3. The van der Waals surface area contributed by atoms with Crippen molar-refractivity contribution in [3.63, 3.8) is 0 Å². The molecule has 1 aromatic carbocycles. The Labute approximate surface area is 114 Å². The van der Waals surface area contributed by atoms with Crippen LogP contribution in [0.25, 0.3) is 0 Å². The molecule has 1 fully saturated rings. The predicted octanol–water partition coefficient (Wildman–Crippen LogP) is 2.56. The molecule has 2 N–H and O–H groups in total. The molecule has 0 aromatic heterocycles. The molecule has 19 heavy (non-hydrogen) atoms. The molecule has 0 radical (unpaired) electrons. The molecule has 1 atom stereocenters. The van der Waals surface area contributed by atoms with Gasteiger partial charge in [-0.05, 0) is 37.9 Å². The fourth-order valence-electron chi connectivity index (χ4n) is 2.20. The highest BCUT2D eigenvalue weighted by atomic mass is 16.5. The van der Waals surface area contributed by atoms with Crippen molar-refractivity contribution < 1.29 is 9.53 Å². The molecule has 4 nitrogen and oxygen atoms in total. The van der Waals surface area contributed by atoms with Crippen LogP contribution in [0.3, 0.4) is 0 Å². The summed E-state index contributed by atoms with van der Waals surface area (Å²) in [7, 11) is 0. The van der Waals surface area contributed by atoms with E-state index in [0.717, 1.165) is 43.7 Å². The zero-order chi connectivity index (χ0) is 13.5. The van der Waals surface area contributed by atoms with Crippen LogP contribution in [-0.2, 0) is 4.79 Å². The van der Waals surface area contributed by atoms with Gasteiger partial charge >= 0.3 is 0 Å². The number of hydrogen-bond donors (Lipinski definition) is 2. The van der Waals surface area contributed by atoms with Gasteiger partial charge in [0.05, 0.1) is 18.3 Å². The zero-order valence-corrected chi connectivity index (χ0v) is 11.4. The van der Waals surface area contributed by atoms with E-state index < -0.39 is 0 Å². The third-order valence-electron chi connectivity index (χ3n) is 3.23. The normalized spacial score (nSPS) is 18.9. The van der Waals surface area contributed by atoms with Crippen molar-refractivity contribution in [1.29, 1.82) is 0 Å². The number of para-hydroxylation sites is 2. The van der Waals surface area contributed by atoms with Gasteiger partial charge in [-0.15, -0.1) is 0 Å². The first-order valence-electron chi connectivity index (χ1n) is 7.07. The SMILES string of the molecule is CCCOc1ccccc1NC(=O)[C@@H]1CCCCN1. The molecule has 0 aliphatic carbocycles. The molecule has 1 aliphatic heterocycles. The molecule has 4 heteroatoms. The number of piperidine rings is 1. The molecule has 1 aromatic rings. The minimum Gasteiger partial charge on any atom is -0.491 e. The molecule has 1 heterocycles. The van der Waals surface area contributed by atoms with Crippen LogP contribution < -0.4 is 15.4 Å². The van der Waals surface area contributed by atoms with Crippen LogP contribution in [0.5, 0.6) is 5.75 Å². The molecule has 1 aliphatic rings. The van der Waals surface area contributed by atoms with Crippen molar-refractivity contribution >= 4 is 11.6 Å². The van der Waals surface area contributed by atoms with E-state index in [0.29, 0.717) is 6.61 Å². The van der Waals surface area contributed by atoms with Crippen molar-refractivity contribution in [3.05, 3.63) is 24.3 Å². The van der Waals surface area contributed by atoms with Crippen molar-refractivity contribution in [1.82, 2.24) is 5.32 Å². The second kappa shape index (κ2) is 7.14. The largest absolute Gasteiger partial charge is 0.491 e. The first-order valence-corrected chi connectivity index (χ1v) is 7.07. The van der Waals surface area contributed by atoms with Crippen LogP contribution in [0.1, 0.15) is 32.6 Å². The quantitative estimate of drug-likeness (QED) is 0.857. The molecule has 2 rings (SSSR count). The van der Waals surface area contributed by atoms with Gasteiger partial charge in [-0.3, -0.25) is 4.79 Å². The Morgan fingerprint density at radius 2 is 2.26 bits per heavy atom. The highest BCUT2D eigenvalue weighted by Gasteiger charge is 2.21. The summed E-state index contributed by atoms with van der Waals surface area (Å²) < 4.78 is 5.64. The predicted molar refractivity (Wildman–Crippen MR) is 76.5 cm³/mol. The van der Waals surface area contributed by atoms with Gasteiger partial charge in [0.25, 0.3) is 0 Å². The number of amides is 1. The van der Waals surface area contributed by atoms with E-state index in [1.54, 1.807) is 0 Å². The average molecular weight is 262 g/mol. The van der Waals surface area contributed by atoms with Crippen molar-refractivity contribution in [2.45, 2.75) is 38.6 Å². The summed E-state index contributed by atoms with van der Waals surface area (Å²) >= 11 is 0. The zero-order valence-electron chi connectivity index (χ0n) is 11.4. The van der Waals surface area contributed by atoms with E-state index in [1.165, 1.54) is 0 Å². The standard InChI is InChI=1S/C15H22N2O2/c1-2-11-19-14-9-4-3-7-12(14)17-15(18)13-8-5-6-10-16-13/h3-4,7,9,13,16H,2,5-6,8,10-11H2,1H3,(H,17,18)/t13-/m0/s1. The van der Waals surface area contributed by atoms with E-state index in [2.05, 4.69) is 17.6 Å². The summed E-state index contributed by atoms with van der Waals surface area (Å²) in [5.74, 6) is 0.778. The monoisotopic (exact) mass is 262 g/mol. The second-order valence-corrected chi connectivity index (χ2v) is 4.84. The Kier molecular flexibility index (Phi) is 5.21. The number of ether oxygens (including phenoxy) is 1. The molecule has 104 valence electrons. The number of nitrogens with one attached hydrogen (secondary N) is 2. The molecule has 1 amide bonds. The fourth-order valence-corrected chi connectivity index (χ4v) is 2.20. The minimum absolute atomic E-state index is 0.0345. The number of carbonyl (C=O) groups is 1. The molecule has 0 bridgehead atoms. The lowest BCUT2D eigenvalue weighted by Gasteiger charge is -2.23. The smallest absolute Gasteiger partial charge is 0.241 e. The highest BCUT2D eigenvalue weighted by molar-refractivity contribution is 5.96. The maximum absolute atomic E-state index is 12.2. The van der Waals surface area contributed by atoms with E-state index in [-0.39, 0.29) is 11.9 Å². The van der Waals surface area contributed by atoms with Gasteiger partial charge < -0.3 is 15.4 Å². The molecule has 1 saturated heterocycles. The topological polar surface area (TPSA) is 50.4 Å². The number of rotatable bonds is 5. The van der Waals surface area contributed by atoms with Crippen molar-refractivity contribution in [2.75, 3.05) is 18.5 Å². The first kappa shape index (κ1) is 13.9. The van der Waals surface area contributed by atoms with E-state index in [4.69, 9.17) is 4.74 Å². The Balaban J connectivity index is 1.99. The van der Waals surface area contributed by atoms with Gasteiger partial charge in [-0.25, -0.2) is 0 Å². The van der Waals surface area contributed by atoms with Gasteiger partial charge in [0.2, 0.25) is 5.91 Å². The van der Waals surface area contributed by atoms with Crippen LogP contribution in [0.4, 0.5) is 5.69 Å². The average Bonchev–Trinajstić information content (AvgIpc) is 2.47. The lowest BCUT2D eigenvalue weighted by molar-refractivity contribution is -0.118. The Morgan fingerprint density at radius 1 is 1.42 bits per heavy atom. The lowest BCUT2D eigenvalue weighted by Crippen LogP contribution is -2.43. The van der Waals surface area contributed by atoms with Gasteiger partial charge in [0.1, 0.15) is 5.75 Å². The van der Waals surface area contributed by atoms with E-state index >= 15 is 0 Å². The summed E-state index contributed by atoms with van der Waals surface area (Å²) in [6.07, 6.45) is 4.12. The maximum Gasteiger partial charge on any atom is 0.241 e. The van der Waals surface area contributed by atoms with Crippen LogP contribution in [0, 0.1) is 0 Å². The number of carbonyl (C=O) groups excluding carboxylic acids is 1. The van der Waals surface area contributed by atoms with Gasteiger partial charge in [-0.1, -0.05) is 25.5 Å². The summed E-state index contributed by atoms with van der Waals surface area (Å²) in [5, 5.41) is 6.21. The highest BCUT2D eigenvalue weighted by Crippen LogP contribution is 2.24. The minimum atomic E-state index is -0.0759. The van der Waals surface area contributed by atoms with E-state index in [9.17, 15) is 4.79 Å². The molecule has 0 saturated carbocycles. The Hall–Kier alpha value is -1.55. The third kappa shape index (κ3) is 3.96. The Morgan fingerprint density at radius 3 is 3.00 bits per heavy atom. The molecular weight excluding hydrogens is 240 g/mol. The first-order chi connectivity index (χ1) is 9.31. The van der Waals surface area contributed by atoms with Crippen LogP contribution in [0.2, 0.25) is 0 Å². The molecule has 0 unspecified atom stereocenters. The van der Waals surface area contributed by atoms with Crippen LogP contribution >= 0.6 is 0 Å². The number of benzene rings is 1. The second-order valence-electron chi connectivity index (χ2n) is 4.84. The lowest BCUT2D eigenvalue weighted by atomic mass is 10.0. The van der Waals surface area contributed by atoms with Crippen LogP contribution in [-0.4, -0.2) is 25.1 Å². The molecular formula is C15H22N2O2. The number of anilines is 1. The van der Waals surface area contributed by atoms with E-state index in [1.807, 2.05) is 24.3 Å². The maximum atomic E-state index is 12.2. The van der Waals surface area contributed by atoms with Gasteiger partial charge in [-0.2, -0.15) is 0 Å². The van der Waals surface area contributed by atoms with Crippen molar-refractivity contribution in [2.24, 2.45) is 0 Å². The van der Waals surface area contributed by atoms with Gasteiger partial charge in [0, 0.05) is 0 Å². The molecule has 0 spiro atoms. The van der Waals surface area contributed by atoms with Crippen molar-refractivity contribution in [3.8, 4) is 5.75 Å². The van der Waals surface area contributed by atoms with Crippen LogP contribution in [0.15, 0.2) is 24.3 Å². The van der Waals surface area contributed by atoms with Gasteiger partial charge in [0.15, 0.2) is 0 Å². The fraction of sp³-hybridized carbons (Fsp3) is 0.533. The third-order valence-corrected chi connectivity index (χ3v) is 3.23. The summed E-state index contributed by atoms with van der Waals surface area (Å²) in [6.45, 7) is 3.65. The summed E-state index contributed by atoms with van der Waals surface area (Å²) in [5.41, 5.74) is 0.758. The summed E-state index contributed by atoms with van der Waals surface area (Å²) in [4.78, 5) is 12.2. The Bertz CT molecular complexity index is 414.